The van der Waals surface area contributed by atoms with Gasteiger partial charge in [-0.3, -0.25) is 0 Å². The topological polar surface area (TPSA) is 46.5 Å². The minimum absolute atomic E-state index is 0.0229. The fourth-order valence-electron chi connectivity index (χ4n) is 1.88. The highest BCUT2D eigenvalue weighted by Gasteiger charge is 2.40. The number of hydrogen-bond donors (Lipinski definition) is 1. The molecule has 0 spiro atoms. The lowest BCUT2D eigenvalue weighted by Gasteiger charge is -2.38. The van der Waals surface area contributed by atoms with Crippen LogP contribution in [0.15, 0.2) is 0 Å². The zero-order chi connectivity index (χ0) is 9.90. The summed E-state index contributed by atoms with van der Waals surface area (Å²) >= 11 is 0. The minimum atomic E-state index is -0.452. The SMILES string of the molecule is CC(O)C(C)C1(C=O)CCCOC1. The third-order valence-corrected chi connectivity index (χ3v) is 3.17. The molecule has 13 heavy (non-hydrogen) atoms. The van der Waals surface area contributed by atoms with E-state index in [0.717, 1.165) is 25.7 Å². The fraction of sp³-hybridized carbons (Fsp3) is 0.900. The smallest absolute Gasteiger partial charge is 0.128 e. The molecule has 1 aliphatic heterocycles. The van der Waals surface area contributed by atoms with E-state index >= 15 is 0 Å². The van der Waals surface area contributed by atoms with Crippen LogP contribution in [0.4, 0.5) is 0 Å². The Morgan fingerprint density at radius 1 is 1.54 bits per heavy atom. The van der Waals surface area contributed by atoms with E-state index in [1.807, 2.05) is 6.92 Å². The molecule has 0 amide bonds. The first-order valence-corrected chi connectivity index (χ1v) is 4.84. The quantitative estimate of drug-likeness (QED) is 0.669. The van der Waals surface area contributed by atoms with Gasteiger partial charge < -0.3 is 14.6 Å². The zero-order valence-corrected chi connectivity index (χ0v) is 8.32. The summed E-state index contributed by atoms with van der Waals surface area (Å²) in [6.07, 6.45) is 2.26. The number of carbonyl (C=O) groups excluding carboxylic acids is 1. The first kappa shape index (κ1) is 10.7. The Balaban J connectivity index is 2.72. The molecular weight excluding hydrogens is 168 g/mol. The van der Waals surface area contributed by atoms with Crippen LogP contribution < -0.4 is 0 Å². The van der Waals surface area contributed by atoms with Crippen molar-refractivity contribution in [3.8, 4) is 0 Å². The number of aldehydes is 1. The molecule has 0 aromatic heterocycles. The maximum Gasteiger partial charge on any atom is 0.128 e. The first-order chi connectivity index (χ1) is 6.12. The van der Waals surface area contributed by atoms with Gasteiger partial charge in [-0.05, 0) is 25.7 Å². The van der Waals surface area contributed by atoms with Gasteiger partial charge in [-0.15, -0.1) is 0 Å². The molecule has 0 bridgehead atoms. The molecule has 1 N–H and O–H groups in total. The van der Waals surface area contributed by atoms with Gasteiger partial charge in [0.15, 0.2) is 0 Å². The highest BCUT2D eigenvalue weighted by molar-refractivity contribution is 5.60. The van der Waals surface area contributed by atoms with Gasteiger partial charge in [-0.2, -0.15) is 0 Å². The minimum Gasteiger partial charge on any atom is -0.393 e. The van der Waals surface area contributed by atoms with Crippen LogP contribution in [0.1, 0.15) is 26.7 Å². The van der Waals surface area contributed by atoms with Gasteiger partial charge in [0.2, 0.25) is 0 Å². The molecule has 3 atom stereocenters. The van der Waals surface area contributed by atoms with Crippen LogP contribution in [0.5, 0.6) is 0 Å². The number of rotatable bonds is 3. The van der Waals surface area contributed by atoms with E-state index in [1.54, 1.807) is 6.92 Å². The Morgan fingerprint density at radius 3 is 2.62 bits per heavy atom. The molecule has 3 heteroatoms. The van der Waals surface area contributed by atoms with Crippen molar-refractivity contribution in [3.63, 3.8) is 0 Å². The maximum absolute atomic E-state index is 11.0. The molecule has 0 radical (unpaired) electrons. The van der Waals surface area contributed by atoms with Crippen molar-refractivity contribution in [2.75, 3.05) is 13.2 Å². The molecule has 1 fully saturated rings. The molecule has 1 aliphatic rings. The van der Waals surface area contributed by atoms with Crippen LogP contribution in [0.3, 0.4) is 0 Å². The highest BCUT2D eigenvalue weighted by Crippen LogP contribution is 2.36. The third kappa shape index (κ3) is 2.09. The van der Waals surface area contributed by atoms with E-state index in [0.29, 0.717) is 6.61 Å². The second-order valence-corrected chi connectivity index (χ2v) is 4.04. The van der Waals surface area contributed by atoms with Crippen LogP contribution in [0.2, 0.25) is 0 Å². The van der Waals surface area contributed by atoms with Crippen LogP contribution in [-0.4, -0.2) is 30.7 Å². The summed E-state index contributed by atoms with van der Waals surface area (Å²) in [5.74, 6) is -0.0229. The monoisotopic (exact) mass is 186 g/mol. The number of aliphatic hydroxyl groups is 1. The molecule has 0 saturated carbocycles. The lowest BCUT2D eigenvalue weighted by molar-refractivity contribution is -0.133. The lowest BCUT2D eigenvalue weighted by atomic mass is 9.71. The van der Waals surface area contributed by atoms with Crippen LogP contribution in [-0.2, 0) is 9.53 Å². The average Bonchev–Trinajstić information content (AvgIpc) is 2.17. The predicted octanol–water partition coefficient (Wildman–Crippen LogP) is 0.999. The fourth-order valence-corrected chi connectivity index (χ4v) is 1.88. The normalized spacial score (nSPS) is 33.8. The molecule has 0 aliphatic carbocycles. The summed E-state index contributed by atoms with van der Waals surface area (Å²) in [6, 6.07) is 0. The van der Waals surface area contributed by atoms with Crippen LogP contribution in [0.25, 0.3) is 0 Å². The van der Waals surface area contributed by atoms with Gasteiger partial charge in [0, 0.05) is 6.61 Å². The molecule has 0 aromatic rings. The molecule has 1 rings (SSSR count). The molecular formula is C10H18O3. The Morgan fingerprint density at radius 2 is 2.23 bits per heavy atom. The van der Waals surface area contributed by atoms with Gasteiger partial charge >= 0.3 is 0 Å². The summed E-state index contributed by atoms with van der Waals surface area (Å²) in [5.41, 5.74) is -0.452. The van der Waals surface area contributed by atoms with Crippen molar-refractivity contribution in [3.05, 3.63) is 0 Å². The number of ether oxygens (including phenoxy) is 1. The summed E-state index contributed by atoms with van der Waals surface area (Å²) < 4.78 is 5.31. The molecule has 3 nitrogen and oxygen atoms in total. The van der Waals surface area contributed by atoms with E-state index in [-0.39, 0.29) is 5.92 Å². The van der Waals surface area contributed by atoms with E-state index < -0.39 is 11.5 Å². The molecule has 1 heterocycles. The van der Waals surface area contributed by atoms with Gasteiger partial charge in [0.25, 0.3) is 0 Å². The maximum atomic E-state index is 11.0. The summed E-state index contributed by atoms with van der Waals surface area (Å²) in [4.78, 5) is 11.0. The summed E-state index contributed by atoms with van der Waals surface area (Å²) in [5, 5.41) is 9.46. The number of aliphatic hydroxyl groups excluding tert-OH is 1. The molecule has 3 unspecified atom stereocenters. The average molecular weight is 186 g/mol. The van der Waals surface area contributed by atoms with Gasteiger partial charge in [-0.25, -0.2) is 0 Å². The van der Waals surface area contributed by atoms with E-state index in [9.17, 15) is 9.90 Å². The summed E-state index contributed by atoms with van der Waals surface area (Å²) in [6.45, 7) is 4.84. The van der Waals surface area contributed by atoms with E-state index in [4.69, 9.17) is 4.74 Å². The largest absolute Gasteiger partial charge is 0.393 e. The number of carbonyl (C=O) groups is 1. The van der Waals surface area contributed by atoms with Crippen LogP contribution >= 0.6 is 0 Å². The van der Waals surface area contributed by atoms with Crippen molar-refractivity contribution in [1.82, 2.24) is 0 Å². The second-order valence-electron chi connectivity index (χ2n) is 4.04. The molecule has 1 saturated heterocycles. The Labute approximate surface area is 79.1 Å². The Bertz CT molecular complexity index is 171. The van der Waals surface area contributed by atoms with E-state index in [1.165, 1.54) is 0 Å². The van der Waals surface area contributed by atoms with Crippen molar-refractivity contribution >= 4 is 6.29 Å². The van der Waals surface area contributed by atoms with Crippen molar-refractivity contribution in [2.45, 2.75) is 32.8 Å². The van der Waals surface area contributed by atoms with Crippen molar-refractivity contribution in [1.29, 1.82) is 0 Å². The van der Waals surface area contributed by atoms with E-state index in [2.05, 4.69) is 0 Å². The number of hydrogen-bond acceptors (Lipinski definition) is 3. The molecule has 0 aromatic carbocycles. The van der Waals surface area contributed by atoms with Gasteiger partial charge in [0.1, 0.15) is 6.29 Å². The van der Waals surface area contributed by atoms with Crippen LogP contribution in [0, 0.1) is 11.3 Å². The Hall–Kier alpha value is -0.410. The van der Waals surface area contributed by atoms with Crippen molar-refractivity contribution < 1.29 is 14.6 Å². The first-order valence-electron chi connectivity index (χ1n) is 4.84. The van der Waals surface area contributed by atoms with Gasteiger partial charge in [-0.1, -0.05) is 6.92 Å². The van der Waals surface area contributed by atoms with Gasteiger partial charge in [0.05, 0.1) is 18.1 Å². The highest BCUT2D eigenvalue weighted by atomic mass is 16.5. The third-order valence-electron chi connectivity index (χ3n) is 3.17. The predicted molar refractivity (Wildman–Crippen MR) is 49.4 cm³/mol. The molecule has 76 valence electrons. The zero-order valence-electron chi connectivity index (χ0n) is 8.32. The second kappa shape index (κ2) is 4.20. The van der Waals surface area contributed by atoms with Crippen molar-refractivity contribution in [2.24, 2.45) is 11.3 Å². The lowest BCUT2D eigenvalue weighted by Crippen LogP contribution is -2.43. The Kier molecular flexibility index (Phi) is 3.45. The summed E-state index contributed by atoms with van der Waals surface area (Å²) in [7, 11) is 0. The standard InChI is InChI=1S/C10H18O3/c1-8(9(2)12)10(6-11)4-3-5-13-7-10/h6,8-9,12H,3-5,7H2,1-2H3.